The van der Waals surface area contributed by atoms with Gasteiger partial charge in [0.05, 0.1) is 29.9 Å². The summed E-state index contributed by atoms with van der Waals surface area (Å²) in [6.07, 6.45) is 0. The molecule has 0 saturated heterocycles. The van der Waals surface area contributed by atoms with Crippen LogP contribution in [0.1, 0.15) is 5.56 Å². The number of non-ortho nitro benzene ring substituents is 1. The monoisotopic (exact) mass is 336 g/mol. The van der Waals surface area contributed by atoms with Crippen LogP contribution < -0.4 is 14.4 Å². The first-order chi connectivity index (χ1) is 11.0. The van der Waals surface area contributed by atoms with Crippen molar-refractivity contribution in [3.63, 3.8) is 0 Å². The van der Waals surface area contributed by atoms with Crippen molar-refractivity contribution < 1.29 is 14.4 Å². The largest absolute Gasteiger partial charge is 0.493 e. The van der Waals surface area contributed by atoms with Crippen molar-refractivity contribution in [3.8, 4) is 11.5 Å². The third kappa shape index (κ3) is 3.84. The molecule has 0 bridgehead atoms. The maximum atomic E-state index is 10.8. The van der Waals surface area contributed by atoms with E-state index < -0.39 is 4.92 Å². The van der Waals surface area contributed by atoms with Crippen LogP contribution in [0.25, 0.3) is 0 Å². The highest BCUT2D eigenvalue weighted by Crippen LogP contribution is 2.32. The molecule has 0 unspecified atom stereocenters. The molecule has 0 spiro atoms. The first-order valence-corrected chi connectivity index (χ1v) is 7.20. The van der Waals surface area contributed by atoms with Crippen LogP contribution in [-0.2, 0) is 6.54 Å². The molecule has 0 saturated carbocycles. The number of hydrogen-bond acceptors (Lipinski definition) is 5. The molecule has 7 heteroatoms. The van der Waals surface area contributed by atoms with Gasteiger partial charge < -0.3 is 14.4 Å². The Kier molecular flexibility index (Phi) is 5.28. The lowest BCUT2D eigenvalue weighted by Crippen LogP contribution is -2.16. The van der Waals surface area contributed by atoms with Crippen LogP contribution in [0.15, 0.2) is 36.4 Å². The van der Waals surface area contributed by atoms with Crippen LogP contribution in [0.2, 0.25) is 5.02 Å². The zero-order chi connectivity index (χ0) is 17.0. The van der Waals surface area contributed by atoms with Crippen LogP contribution >= 0.6 is 11.6 Å². The first kappa shape index (κ1) is 16.9. The standard InChI is InChI=1S/C16H17ClN2O4/c1-18(14-6-5-12(19(20)21)9-13(14)17)10-11-4-7-15(22-2)16(8-11)23-3/h4-9H,10H2,1-3H3. The maximum Gasteiger partial charge on any atom is 0.271 e. The number of anilines is 1. The molecular formula is C16H17ClN2O4. The van der Waals surface area contributed by atoms with Gasteiger partial charge in [-0.05, 0) is 23.8 Å². The van der Waals surface area contributed by atoms with E-state index in [9.17, 15) is 10.1 Å². The minimum Gasteiger partial charge on any atom is -0.493 e. The quantitative estimate of drug-likeness (QED) is 0.591. The Labute approximate surface area is 139 Å². The van der Waals surface area contributed by atoms with Crippen molar-refractivity contribution in [1.82, 2.24) is 0 Å². The zero-order valence-corrected chi connectivity index (χ0v) is 13.8. The van der Waals surface area contributed by atoms with Crippen molar-refractivity contribution in [1.29, 1.82) is 0 Å². The molecule has 0 amide bonds. The highest BCUT2D eigenvalue weighted by atomic mass is 35.5. The molecule has 0 heterocycles. The fourth-order valence-corrected chi connectivity index (χ4v) is 2.58. The summed E-state index contributed by atoms with van der Waals surface area (Å²) in [7, 11) is 5.03. The van der Waals surface area contributed by atoms with Gasteiger partial charge in [-0.1, -0.05) is 17.7 Å². The fourth-order valence-electron chi connectivity index (χ4n) is 2.26. The lowest BCUT2D eigenvalue weighted by atomic mass is 10.1. The Morgan fingerprint density at radius 1 is 1.13 bits per heavy atom. The molecule has 0 aliphatic heterocycles. The van der Waals surface area contributed by atoms with E-state index in [0.717, 1.165) is 5.56 Å². The van der Waals surface area contributed by atoms with Gasteiger partial charge in [0.15, 0.2) is 11.5 Å². The van der Waals surface area contributed by atoms with E-state index in [4.69, 9.17) is 21.1 Å². The number of rotatable bonds is 6. The number of nitro groups is 1. The molecule has 0 N–H and O–H groups in total. The Hall–Kier alpha value is -2.47. The molecular weight excluding hydrogens is 320 g/mol. The van der Waals surface area contributed by atoms with Gasteiger partial charge in [0.2, 0.25) is 0 Å². The summed E-state index contributed by atoms with van der Waals surface area (Å²) >= 11 is 6.15. The molecule has 6 nitrogen and oxygen atoms in total. The summed E-state index contributed by atoms with van der Waals surface area (Å²) in [5, 5.41) is 11.1. The first-order valence-electron chi connectivity index (χ1n) is 6.82. The Morgan fingerprint density at radius 3 is 2.39 bits per heavy atom. The number of methoxy groups -OCH3 is 2. The molecule has 0 atom stereocenters. The van der Waals surface area contributed by atoms with Gasteiger partial charge in [0.1, 0.15) is 0 Å². The van der Waals surface area contributed by atoms with Crippen molar-refractivity contribution in [2.75, 3.05) is 26.2 Å². The van der Waals surface area contributed by atoms with E-state index in [-0.39, 0.29) is 5.69 Å². The average molecular weight is 337 g/mol. The number of ether oxygens (including phenoxy) is 2. The lowest BCUT2D eigenvalue weighted by molar-refractivity contribution is -0.384. The van der Waals surface area contributed by atoms with Crippen molar-refractivity contribution in [2.24, 2.45) is 0 Å². The van der Waals surface area contributed by atoms with Crippen molar-refractivity contribution in [3.05, 3.63) is 57.1 Å². The normalized spacial score (nSPS) is 10.3. The zero-order valence-electron chi connectivity index (χ0n) is 13.1. The molecule has 0 radical (unpaired) electrons. The molecule has 122 valence electrons. The van der Waals surface area contributed by atoms with E-state index in [1.807, 2.05) is 30.1 Å². The van der Waals surface area contributed by atoms with Gasteiger partial charge in [0, 0.05) is 25.7 Å². The van der Waals surface area contributed by atoms with Crippen LogP contribution in [0.5, 0.6) is 11.5 Å². The molecule has 0 aromatic heterocycles. The van der Waals surface area contributed by atoms with Gasteiger partial charge >= 0.3 is 0 Å². The minimum atomic E-state index is -0.468. The smallest absolute Gasteiger partial charge is 0.271 e. The van der Waals surface area contributed by atoms with Gasteiger partial charge in [-0.25, -0.2) is 0 Å². The Balaban J connectivity index is 2.22. The molecule has 23 heavy (non-hydrogen) atoms. The fraction of sp³-hybridized carbons (Fsp3) is 0.250. The molecule has 0 aliphatic rings. The summed E-state index contributed by atoms with van der Waals surface area (Å²) < 4.78 is 10.5. The van der Waals surface area contributed by atoms with E-state index in [0.29, 0.717) is 28.8 Å². The second-order valence-electron chi connectivity index (χ2n) is 4.94. The van der Waals surface area contributed by atoms with Crippen molar-refractivity contribution in [2.45, 2.75) is 6.54 Å². The second kappa shape index (κ2) is 7.19. The number of halogens is 1. The number of hydrogen-bond donors (Lipinski definition) is 0. The highest BCUT2D eigenvalue weighted by molar-refractivity contribution is 6.33. The average Bonchev–Trinajstić information content (AvgIpc) is 2.54. The van der Waals surface area contributed by atoms with Crippen LogP contribution in [0.3, 0.4) is 0 Å². The van der Waals surface area contributed by atoms with E-state index in [1.165, 1.54) is 12.1 Å². The summed E-state index contributed by atoms with van der Waals surface area (Å²) in [5.41, 5.74) is 1.69. The van der Waals surface area contributed by atoms with Gasteiger partial charge in [-0.2, -0.15) is 0 Å². The summed E-state index contributed by atoms with van der Waals surface area (Å²) in [5.74, 6) is 1.31. The van der Waals surface area contributed by atoms with E-state index >= 15 is 0 Å². The van der Waals surface area contributed by atoms with Crippen LogP contribution in [-0.4, -0.2) is 26.2 Å². The number of nitro benzene ring substituents is 1. The van der Waals surface area contributed by atoms with Crippen molar-refractivity contribution >= 4 is 23.0 Å². The highest BCUT2D eigenvalue weighted by Gasteiger charge is 2.13. The second-order valence-corrected chi connectivity index (χ2v) is 5.35. The number of benzene rings is 2. The van der Waals surface area contributed by atoms with Gasteiger partial charge in [-0.3, -0.25) is 10.1 Å². The molecule has 0 fully saturated rings. The molecule has 0 aliphatic carbocycles. The third-order valence-corrected chi connectivity index (χ3v) is 3.72. The predicted molar refractivity (Wildman–Crippen MR) is 89.8 cm³/mol. The summed E-state index contributed by atoms with van der Waals surface area (Å²) in [6.45, 7) is 0.567. The summed E-state index contributed by atoms with van der Waals surface area (Å²) in [4.78, 5) is 12.2. The van der Waals surface area contributed by atoms with E-state index in [1.54, 1.807) is 20.3 Å². The maximum absolute atomic E-state index is 10.8. The lowest BCUT2D eigenvalue weighted by Gasteiger charge is -2.21. The minimum absolute atomic E-state index is 0.0294. The van der Waals surface area contributed by atoms with Gasteiger partial charge in [-0.15, -0.1) is 0 Å². The Bertz CT molecular complexity index is 721. The Morgan fingerprint density at radius 2 is 1.83 bits per heavy atom. The van der Waals surface area contributed by atoms with E-state index in [2.05, 4.69) is 0 Å². The number of nitrogens with zero attached hydrogens (tertiary/aromatic N) is 2. The topological polar surface area (TPSA) is 64.8 Å². The SMILES string of the molecule is COc1ccc(CN(C)c2ccc([N+](=O)[O-])cc2Cl)cc1OC. The van der Waals surface area contributed by atoms with Gasteiger partial charge in [0.25, 0.3) is 5.69 Å². The molecule has 2 aromatic carbocycles. The molecule has 2 aromatic rings. The third-order valence-electron chi connectivity index (χ3n) is 3.42. The van der Waals surface area contributed by atoms with Crippen LogP contribution in [0.4, 0.5) is 11.4 Å². The molecule has 2 rings (SSSR count). The predicted octanol–water partition coefficient (Wildman–Crippen LogP) is 3.90. The van der Waals surface area contributed by atoms with Crippen LogP contribution in [0, 0.1) is 10.1 Å². The summed E-state index contributed by atoms with van der Waals surface area (Å²) in [6, 6.07) is 10.1.